The third kappa shape index (κ3) is 6.12. The van der Waals surface area contributed by atoms with Crippen molar-refractivity contribution < 1.29 is 24.1 Å². The fourth-order valence-electron chi connectivity index (χ4n) is 4.71. The Bertz CT molecular complexity index is 1910. The number of benzene rings is 3. The number of thiazole rings is 1. The summed E-state index contributed by atoms with van der Waals surface area (Å²) in [4.78, 5) is 32.2. The van der Waals surface area contributed by atoms with Gasteiger partial charge in [0.15, 0.2) is 16.3 Å². The first-order valence-electron chi connectivity index (χ1n) is 13.6. The van der Waals surface area contributed by atoms with E-state index < -0.39 is 12.0 Å². The molecule has 0 spiro atoms. The number of phenols is 1. The number of nitrogens with zero attached hydrogens (tertiary/aromatic N) is 4. The lowest BCUT2D eigenvalue weighted by Crippen LogP contribution is -2.40. The van der Waals surface area contributed by atoms with E-state index in [2.05, 4.69) is 15.2 Å². The molecule has 11 heteroatoms. The number of methoxy groups -OCH3 is 1. The topological polar surface area (TPSA) is 124 Å². The number of hydrogen-bond acceptors (Lipinski definition) is 10. The molecule has 43 heavy (non-hydrogen) atoms. The van der Waals surface area contributed by atoms with E-state index in [0.717, 1.165) is 11.3 Å². The number of aromatic hydroxyl groups is 1. The molecule has 0 amide bonds. The van der Waals surface area contributed by atoms with Crippen LogP contribution in [0.2, 0.25) is 0 Å². The van der Waals surface area contributed by atoms with E-state index in [4.69, 9.17) is 14.2 Å². The van der Waals surface area contributed by atoms with E-state index in [1.165, 1.54) is 10.6 Å². The molecule has 1 N–H and O–H groups in total. The van der Waals surface area contributed by atoms with Crippen LogP contribution in [-0.4, -0.2) is 36.0 Å². The molecule has 0 radical (unpaired) electrons. The fourth-order valence-corrected chi connectivity index (χ4v) is 5.74. The minimum atomic E-state index is -0.822. The van der Waals surface area contributed by atoms with Crippen LogP contribution in [0, 0.1) is 0 Å². The van der Waals surface area contributed by atoms with Crippen molar-refractivity contribution in [2.75, 3.05) is 20.3 Å². The SMILES string of the molecule is CCOC(=O)C1=C(C)N=c2s/c(=C\c3ccc(N=Nc4ccccc4)cc3O)c(=O)n2[C@@H]1c1ccc(OC)c(OCC)c1. The summed E-state index contributed by atoms with van der Waals surface area (Å²) in [6.45, 7) is 5.87. The van der Waals surface area contributed by atoms with Crippen molar-refractivity contribution in [3.05, 3.63) is 109 Å². The van der Waals surface area contributed by atoms with Gasteiger partial charge in [-0.05, 0) is 68.8 Å². The number of rotatable bonds is 9. The summed E-state index contributed by atoms with van der Waals surface area (Å²) in [6, 6.07) is 18.6. The maximum atomic E-state index is 13.9. The third-order valence-electron chi connectivity index (χ3n) is 6.66. The van der Waals surface area contributed by atoms with Gasteiger partial charge in [0.05, 0.1) is 53.5 Å². The van der Waals surface area contributed by atoms with Crippen molar-refractivity contribution in [3.8, 4) is 17.2 Å². The number of ether oxygens (including phenoxy) is 3. The Morgan fingerprint density at radius 3 is 2.49 bits per heavy atom. The summed E-state index contributed by atoms with van der Waals surface area (Å²) >= 11 is 1.16. The van der Waals surface area contributed by atoms with E-state index >= 15 is 0 Å². The zero-order valence-electron chi connectivity index (χ0n) is 24.1. The van der Waals surface area contributed by atoms with Crippen molar-refractivity contribution in [3.63, 3.8) is 0 Å². The van der Waals surface area contributed by atoms with Gasteiger partial charge in [-0.2, -0.15) is 10.2 Å². The molecular formula is C32H30N4O6S. The highest BCUT2D eigenvalue weighted by molar-refractivity contribution is 7.07. The van der Waals surface area contributed by atoms with E-state index in [-0.39, 0.29) is 23.5 Å². The van der Waals surface area contributed by atoms with Gasteiger partial charge in [0.1, 0.15) is 5.75 Å². The number of allylic oxidation sites excluding steroid dienone is 1. The van der Waals surface area contributed by atoms with E-state index in [1.807, 2.05) is 37.3 Å². The lowest BCUT2D eigenvalue weighted by molar-refractivity contribution is -0.139. The third-order valence-corrected chi connectivity index (χ3v) is 7.64. The van der Waals surface area contributed by atoms with Gasteiger partial charge in [-0.15, -0.1) is 0 Å². The zero-order chi connectivity index (χ0) is 30.5. The second kappa shape index (κ2) is 12.9. The molecule has 10 nitrogen and oxygen atoms in total. The standard InChI is InChI=1S/C32H30N4O6S/c1-5-41-26-16-21(13-15-25(26)40-4)29-28(31(39)42-6-2)19(3)33-32-36(29)30(38)27(43-32)17-20-12-14-23(18-24(20)37)35-34-22-10-8-7-9-11-22/h7-18,29,37H,5-6H2,1-4H3/b27-17-,35-34?/t29-/m1/s1. The van der Waals surface area contributed by atoms with Crippen molar-refractivity contribution >= 4 is 34.8 Å². The molecule has 1 aliphatic heterocycles. The van der Waals surface area contributed by atoms with Crippen molar-refractivity contribution in [1.29, 1.82) is 0 Å². The van der Waals surface area contributed by atoms with Crippen molar-refractivity contribution in [2.45, 2.75) is 26.8 Å². The van der Waals surface area contributed by atoms with Crippen LogP contribution in [0.4, 0.5) is 11.4 Å². The van der Waals surface area contributed by atoms with Gasteiger partial charge in [-0.25, -0.2) is 9.79 Å². The van der Waals surface area contributed by atoms with Gasteiger partial charge in [0, 0.05) is 11.6 Å². The molecule has 220 valence electrons. The van der Waals surface area contributed by atoms with E-state index in [9.17, 15) is 14.7 Å². The van der Waals surface area contributed by atoms with Crippen LogP contribution in [-0.2, 0) is 9.53 Å². The number of phenolic OH excluding ortho intramolecular Hbond substituents is 1. The highest BCUT2D eigenvalue weighted by Crippen LogP contribution is 2.36. The summed E-state index contributed by atoms with van der Waals surface area (Å²) in [7, 11) is 1.54. The van der Waals surface area contributed by atoms with Crippen molar-refractivity contribution in [2.24, 2.45) is 15.2 Å². The van der Waals surface area contributed by atoms with Crippen LogP contribution in [0.5, 0.6) is 17.2 Å². The monoisotopic (exact) mass is 598 g/mol. The second-order valence-electron chi connectivity index (χ2n) is 9.42. The number of hydrogen-bond donors (Lipinski definition) is 1. The molecule has 3 aromatic carbocycles. The molecule has 0 aliphatic carbocycles. The number of azo groups is 1. The number of fused-ring (bicyclic) bond motifs is 1. The Balaban J connectivity index is 1.60. The molecule has 0 bridgehead atoms. The summed E-state index contributed by atoms with van der Waals surface area (Å²) in [5.41, 5.74) is 2.52. The molecule has 0 saturated carbocycles. The molecule has 1 aromatic heterocycles. The van der Waals surface area contributed by atoms with Crippen molar-refractivity contribution in [1.82, 2.24) is 4.57 Å². The molecule has 0 saturated heterocycles. The highest BCUT2D eigenvalue weighted by Gasteiger charge is 2.34. The highest BCUT2D eigenvalue weighted by atomic mass is 32.1. The number of carbonyl (C=O) groups is 1. The molecule has 5 rings (SSSR count). The Morgan fingerprint density at radius 2 is 1.79 bits per heavy atom. The fraction of sp³-hybridized carbons (Fsp3) is 0.219. The van der Waals surface area contributed by atoms with Gasteiger partial charge in [-0.1, -0.05) is 35.6 Å². The molecule has 0 unspecified atom stereocenters. The second-order valence-corrected chi connectivity index (χ2v) is 10.4. The average Bonchev–Trinajstić information content (AvgIpc) is 3.31. The van der Waals surface area contributed by atoms with Crippen LogP contribution in [0.3, 0.4) is 0 Å². The Labute approximate surface area is 251 Å². The Hall–Kier alpha value is -5.03. The lowest BCUT2D eigenvalue weighted by atomic mass is 9.95. The van der Waals surface area contributed by atoms with Gasteiger partial charge in [-0.3, -0.25) is 9.36 Å². The summed E-state index contributed by atoms with van der Waals surface area (Å²) in [6.07, 6.45) is 1.59. The zero-order valence-corrected chi connectivity index (χ0v) is 24.9. The smallest absolute Gasteiger partial charge is 0.338 e. The van der Waals surface area contributed by atoms with Crippen LogP contribution in [0.25, 0.3) is 6.08 Å². The first-order valence-corrected chi connectivity index (χ1v) is 14.5. The van der Waals surface area contributed by atoms with Crippen LogP contribution in [0.15, 0.2) is 98.0 Å². The maximum absolute atomic E-state index is 13.9. The molecule has 0 fully saturated rings. The average molecular weight is 599 g/mol. The minimum Gasteiger partial charge on any atom is -0.507 e. The number of aromatic nitrogens is 1. The van der Waals surface area contributed by atoms with Crippen LogP contribution in [0.1, 0.15) is 37.9 Å². The van der Waals surface area contributed by atoms with Gasteiger partial charge in [0.25, 0.3) is 5.56 Å². The quantitative estimate of drug-likeness (QED) is 0.205. The van der Waals surface area contributed by atoms with Gasteiger partial charge >= 0.3 is 5.97 Å². The number of carbonyl (C=O) groups excluding carboxylic acids is 1. The largest absolute Gasteiger partial charge is 0.507 e. The molecular weight excluding hydrogens is 568 g/mol. The first kappa shape index (κ1) is 29.5. The molecule has 1 aliphatic rings. The lowest BCUT2D eigenvalue weighted by Gasteiger charge is -2.25. The first-order chi connectivity index (χ1) is 20.8. The Morgan fingerprint density at radius 1 is 1.02 bits per heavy atom. The molecule has 2 heterocycles. The van der Waals surface area contributed by atoms with E-state index in [0.29, 0.717) is 55.6 Å². The summed E-state index contributed by atoms with van der Waals surface area (Å²) in [5, 5.41) is 19.1. The van der Waals surface area contributed by atoms with Gasteiger partial charge < -0.3 is 19.3 Å². The number of esters is 1. The van der Waals surface area contributed by atoms with Crippen LogP contribution >= 0.6 is 11.3 Å². The normalized spacial score (nSPS) is 14.9. The molecule has 1 atom stereocenters. The van der Waals surface area contributed by atoms with E-state index in [1.54, 1.807) is 57.4 Å². The Kier molecular flexibility index (Phi) is 8.82. The summed E-state index contributed by atoms with van der Waals surface area (Å²) in [5.74, 6) is 0.386. The predicted molar refractivity (Wildman–Crippen MR) is 163 cm³/mol. The minimum absolute atomic E-state index is 0.0631. The predicted octanol–water partition coefficient (Wildman–Crippen LogP) is 5.33. The van der Waals surface area contributed by atoms with Gasteiger partial charge in [0.2, 0.25) is 0 Å². The maximum Gasteiger partial charge on any atom is 0.338 e. The van der Waals surface area contributed by atoms with Crippen LogP contribution < -0.4 is 24.4 Å². The summed E-state index contributed by atoms with van der Waals surface area (Å²) < 4.78 is 18.4. The molecule has 4 aromatic rings.